The molecule has 10 heteroatoms. The van der Waals surface area contributed by atoms with E-state index < -0.39 is 17.4 Å². The molecule has 4 rings (SSSR count). The van der Waals surface area contributed by atoms with Crippen LogP contribution >= 0.6 is 11.3 Å². The molecule has 0 saturated heterocycles. The summed E-state index contributed by atoms with van der Waals surface area (Å²) in [6.45, 7) is 5.99. The number of rotatable bonds is 9. The molecule has 2 aromatic heterocycles. The van der Waals surface area contributed by atoms with Crippen molar-refractivity contribution in [2.75, 3.05) is 26.1 Å². The van der Waals surface area contributed by atoms with Crippen molar-refractivity contribution < 1.29 is 23.8 Å². The molecule has 4 aromatic rings. The largest absolute Gasteiger partial charge is 0.493 e. The quantitative estimate of drug-likeness (QED) is 0.220. The van der Waals surface area contributed by atoms with Crippen molar-refractivity contribution in [3.8, 4) is 17.2 Å². The summed E-state index contributed by atoms with van der Waals surface area (Å²) in [6.07, 6.45) is 2.97. The van der Waals surface area contributed by atoms with Crippen molar-refractivity contribution in [2.24, 2.45) is 0 Å². The molecule has 0 unspecified atom stereocenters. The molecule has 0 radical (unpaired) electrons. The van der Waals surface area contributed by atoms with Gasteiger partial charge in [0.2, 0.25) is 5.91 Å². The minimum Gasteiger partial charge on any atom is -0.493 e. The van der Waals surface area contributed by atoms with E-state index in [4.69, 9.17) is 14.2 Å². The number of methoxy groups -OCH3 is 2. The number of hydrogen-bond donors (Lipinski definition) is 1. The van der Waals surface area contributed by atoms with E-state index in [-0.39, 0.29) is 17.7 Å². The summed E-state index contributed by atoms with van der Waals surface area (Å²) in [6, 6.07) is 12.6. The Hall–Kier alpha value is -4.44. The smallest absolute Gasteiger partial charge is 0.359 e. The molecule has 0 bridgehead atoms. The number of anilines is 1. The van der Waals surface area contributed by atoms with E-state index in [2.05, 4.69) is 24.3 Å². The summed E-state index contributed by atoms with van der Waals surface area (Å²) in [5.41, 5.74) is 1.85. The number of benzene rings is 2. The third-order valence-corrected chi connectivity index (χ3v) is 6.89. The van der Waals surface area contributed by atoms with E-state index in [1.807, 2.05) is 12.1 Å². The third kappa shape index (κ3) is 5.85. The molecule has 1 N–H and O–H groups in total. The van der Waals surface area contributed by atoms with Crippen LogP contribution < -0.4 is 20.3 Å². The van der Waals surface area contributed by atoms with Gasteiger partial charge in [0.05, 0.1) is 31.9 Å². The van der Waals surface area contributed by atoms with Gasteiger partial charge >= 0.3 is 5.97 Å². The fourth-order valence-corrected chi connectivity index (χ4v) is 4.89. The van der Waals surface area contributed by atoms with Gasteiger partial charge < -0.3 is 19.5 Å². The molecule has 2 aromatic carbocycles. The van der Waals surface area contributed by atoms with Gasteiger partial charge in [-0.25, -0.2) is 4.79 Å². The van der Waals surface area contributed by atoms with Crippen LogP contribution in [0, 0.1) is 0 Å². The van der Waals surface area contributed by atoms with Crippen LogP contribution in [0.5, 0.6) is 11.5 Å². The van der Waals surface area contributed by atoms with Gasteiger partial charge in [0.15, 0.2) is 17.2 Å². The molecular formula is C29H29N3O6S. The molecule has 0 spiro atoms. The second kappa shape index (κ2) is 12.0. The zero-order valence-corrected chi connectivity index (χ0v) is 23.1. The van der Waals surface area contributed by atoms with Crippen molar-refractivity contribution in [3.63, 3.8) is 0 Å². The van der Waals surface area contributed by atoms with E-state index in [1.165, 1.54) is 17.9 Å². The van der Waals surface area contributed by atoms with Gasteiger partial charge in [-0.2, -0.15) is 9.78 Å². The number of ether oxygens (including phenoxy) is 3. The molecule has 0 aliphatic carbocycles. The zero-order chi connectivity index (χ0) is 28.1. The minimum absolute atomic E-state index is 0.00277. The van der Waals surface area contributed by atoms with E-state index in [0.717, 1.165) is 22.5 Å². The van der Waals surface area contributed by atoms with Crippen molar-refractivity contribution >= 4 is 45.1 Å². The first-order valence-corrected chi connectivity index (χ1v) is 13.2. The topological polar surface area (TPSA) is 109 Å². The highest BCUT2D eigenvalue weighted by molar-refractivity contribution is 7.16. The number of thiophene rings is 1. The highest BCUT2D eigenvalue weighted by Gasteiger charge is 2.23. The van der Waals surface area contributed by atoms with Gasteiger partial charge in [-0.05, 0) is 54.3 Å². The van der Waals surface area contributed by atoms with Gasteiger partial charge in [0.25, 0.3) is 5.56 Å². The number of nitrogens with one attached hydrogen (secondary N) is 1. The second-order valence-electron chi connectivity index (χ2n) is 8.82. The molecule has 0 aliphatic rings. The Balaban J connectivity index is 1.72. The predicted octanol–water partition coefficient (Wildman–Crippen LogP) is 5.42. The maximum Gasteiger partial charge on any atom is 0.359 e. The summed E-state index contributed by atoms with van der Waals surface area (Å²) < 4.78 is 16.9. The highest BCUT2D eigenvalue weighted by atomic mass is 32.1. The number of esters is 1. The number of amides is 1. The minimum atomic E-state index is -0.654. The van der Waals surface area contributed by atoms with Gasteiger partial charge in [-0.1, -0.05) is 32.0 Å². The van der Waals surface area contributed by atoms with Gasteiger partial charge in [-0.15, -0.1) is 11.3 Å². The Morgan fingerprint density at radius 2 is 1.79 bits per heavy atom. The molecule has 9 nitrogen and oxygen atoms in total. The number of aromatic nitrogens is 2. The summed E-state index contributed by atoms with van der Waals surface area (Å²) >= 11 is 1.13. The maximum atomic E-state index is 13.6. The summed E-state index contributed by atoms with van der Waals surface area (Å²) in [5.74, 6) is 0.317. The van der Waals surface area contributed by atoms with Crippen LogP contribution in [-0.4, -0.2) is 42.5 Å². The number of fused-ring (bicyclic) bond motifs is 1. The van der Waals surface area contributed by atoms with Crippen molar-refractivity contribution in [1.82, 2.24) is 9.78 Å². The molecule has 0 saturated carbocycles. The van der Waals surface area contributed by atoms with Crippen LogP contribution in [-0.2, 0) is 9.53 Å². The highest BCUT2D eigenvalue weighted by Crippen LogP contribution is 2.31. The van der Waals surface area contributed by atoms with Crippen LogP contribution in [0.4, 0.5) is 5.00 Å². The first-order valence-electron chi connectivity index (χ1n) is 12.3. The van der Waals surface area contributed by atoms with Gasteiger partial charge in [0, 0.05) is 16.8 Å². The monoisotopic (exact) mass is 547 g/mol. The van der Waals surface area contributed by atoms with E-state index in [1.54, 1.807) is 55.8 Å². The van der Waals surface area contributed by atoms with Crippen LogP contribution in [0.1, 0.15) is 48.3 Å². The molecule has 2 heterocycles. The molecule has 39 heavy (non-hydrogen) atoms. The third-order valence-electron chi connectivity index (χ3n) is 6.00. The summed E-state index contributed by atoms with van der Waals surface area (Å²) in [5, 5.41) is 9.54. The average molecular weight is 548 g/mol. The lowest BCUT2D eigenvalue weighted by atomic mass is 10.0. The molecule has 0 aliphatic heterocycles. The first kappa shape index (κ1) is 27.6. The Morgan fingerprint density at radius 1 is 1.08 bits per heavy atom. The Kier molecular flexibility index (Phi) is 8.46. The van der Waals surface area contributed by atoms with Gasteiger partial charge in [0.1, 0.15) is 5.00 Å². The number of carbonyl (C=O) groups excluding carboxylic acids is 2. The second-order valence-corrected chi connectivity index (χ2v) is 9.70. The SMILES string of the molecule is CCOC(=O)c1nn(-c2ccc(C(C)C)cc2)c(=O)c2c(NC(=O)/C=C/c3ccc(OC)c(OC)c3)scc12. The summed E-state index contributed by atoms with van der Waals surface area (Å²) in [4.78, 5) is 39.2. The lowest BCUT2D eigenvalue weighted by Crippen LogP contribution is -2.25. The Morgan fingerprint density at radius 3 is 2.44 bits per heavy atom. The lowest BCUT2D eigenvalue weighted by Gasteiger charge is -2.11. The van der Waals surface area contributed by atoms with E-state index in [0.29, 0.717) is 33.5 Å². The predicted molar refractivity (Wildman–Crippen MR) is 152 cm³/mol. The van der Waals surface area contributed by atoms with E-state index in [9.17, 15) is 14.4 Å². The van der Waals surface area contributed by atoms with Crippen LogP contribution in [0.25, 0.3) is 22.5 Å². The molecule has 0 fully saturated rings. The van der Waals surface area contributed by atoms with Crippen molar-refractivity contribution in [2.45, 2.75) is 26.7 Å². The first-order chi connectivity index (χ1) is 18.8. The van der Waals surface area contributed by atoms with E-state index >= 15 is 0 Å². The average Bonchev–Trinajstić information content (AvgIpc) is 3.36. The van der Waals surface area contributed by atoms with Crippen LogP contribution in [0.15, 0.2) is 58.7 Å². The standard InChI is InChI=1S/C29H29N3O6S/c1-6-38-29(35)26-21-16-39-27(30-24(33)14-8-18-7-13-22(36-4)23(15-18)37-5)25(21)28(34)32(31-26)20-11-9-19(10-12-20)17(2)3/h7-17H,6H2,1-5H3,(H,30,33)/b14-8+. The maximum absolute atomic E-state index is 13.6. The fraction of sp³-hybridized carbons (Fsp3) is 0.241. The number of hydrogen-bond acceptors (Lipinski definition) is 8. The number of nitrogens with zero attached hydrogens (tertiary/aromatic N) is 2. The molecule has 0 atom stereocenters. The molecular weight excluding hydrogens is 518 g/mol. The molecule has 202 valence electrons. The Labute approximate surface area is 229 Å². The summed E-state index contributed by atoms with van der Waals surface area (Å²) in [7, 11) is 3.08. The van der Waals surface area contributed by atoms with Crippen LogP contribution in [0.3, 0.4) is 0 Å². The molecule has 1 amide bonds. The Bertz CT molecular complexity index is 1600. The number of carbonyl (C=O) groups is 2. The van der Waals surface area contributed by atoms with Crippen molar-refractivity contribution in [3.05, 3.63) is 81.1 Å². The van der Waals surface area contributed by atoms with Crippen LogP contribution in [0.2, 0.25) is 0 Å². The van der Waals surface area contributed by atoms with Crippen molar-refractivity contribution in [1.29, 1.82) is 0 Å². The lowest BCUT2D eigenvalue weighted by molar-refractivity contribution is -0.111. The zero-order valence-electron chi connectivity index (χ0n) is 22.3. The van der Waals surface area contributed by atoms with Gasteiger partial charge in [-0.3, -0.25) is 9.59 Å². The fourth-order valence-electron chi connectivity index (χ4n) is 3.95. The normalized spacial score (nSPS) is 11.2.